The van der Waals surface area contributed by atoms with Crippen LogP contribution in [0.15, 0.2) is 66.7 Å². The first-order valence-corrected chi connectivity index (χ1v) is 12.0. The lowest BCUT2D eigenvalue weighted by molar-refractivity contribution is 0.0928. The fraction of sp³-hybridized carbons (Fsp3) is 0.323. The normalized spacial score (nSPS) is 18.3. The number of aryl methyl sites for hydroxylation is 1. The van der Waals surface area contributed by atoms with Gasteiger partial charge < -0.3 is 0 Å². The summed E-state index contributed by atoms with van der Waals surface area (Å²) < 4.78 is 2.53. The zero-order valence-electron chi connectivity index (χ0n) is 20.7. The number of hydrogen-bond acceptors (Lipinski definition) is 1. The van der Waals surface area contributed by atoms with E-state index in [1.807, 2.05) is 0 Å². The largest absolute Gasteiger partial charge is 0.295 e. The van der Waals surface area contributed by atoms with Crippen molar-refractivity contribution in [2.24, 2.45) is 5.41 Å². The molecule has 166 valence electrons. The summed E-state index contributed by atoms with van der Waals surface area (Å²) in [5, 5.41) is 3.88. The quantitative estimate of drug-likeness (QED) is 0.244. The van der Waals surface area contributed by atoms with Crippen molar-refractivity contribution in [1.82, 2.24) is 9.38 Å². The summed E-state index contributed by atoms with van der Waals surface area (Å²) in [5.74, 6) is 0. The van der Waals surface area contributed by atoms with Gasteiger partial charge in [0.25, 0.3) is 0 Å². The van der Waals surface area contributed by atoms with Crippen LogP contribution in [-0.2, 0) is 10.8 Å². The van der Waals surface area contributed by atoms with Crippen molar-refractivity contribution in [1.29, 1.82) is 0 Å². The van der Waals surface area contributed by atoms with Gasteiger partial charge >= 0.3 is 0 Å². The van der Waals surface area contributed by atoms with Crippen molar-refractivity contribution in [2.75, 3.05) is 0 Å². The molecule has 2 heteroatoms. The summed E-state index contributed by atoms with van der Waals surface area (Å²) in [6, 6.07) is 24.2. The Labute approximate surface area is 196 Å². The van der Waals surface area contributed by atoms with Crippen LogP contribution in [0.4, 0.5) is 0 Å². The number of aromatic nitrogens is 2. The molecule has 0 bridgehead atoms. The molecule has 2 nitrogen and oxygen atoms in total. The topological polar surface area (TPSA) is 17.3 Å². The van der Waals surface area contributed by atoms with Crippen LogP contribution in [0.5, 0.6) is 0 Å². The van der Waals surface area contributed by atoms with Crippen LogP contribution >= 0.6 is 0 Å². The Hall–Kier alpha value is -3.13. The third-order valence-corrected chi connectivity index (χ3v) is 9.36. The second-order valence-electron chi connectivity index (χ2n) is 11.4. The fourth-order valence-corrected chi connectivity index (χ4v) is 6.27. The minimum absolute atomic E-state index is 0.0348. The second-order valence-corrected chi connectivity index (χ2v) is 11.4. The van der Waals surface area contributed by atoms with Gasteiger partial charge in [-0.2, -0.15) is 0 Å². The van der Waals surface area contributed by atoms with Crippen LogP contribution in [0.3, 0.4) is 0 Å². The van der Waals surface area contributed by atoms with Crippen LogP contribution in [0.25, 0.3) is 38.6 Å². The lowest BCUT2D eigenvalue weighted by Gasteiger charge is -2.51. The minimum Gasteiger partial charge on any atom is -0.295 e. The van der Waals surface area contributed by atoms with Crippen molar-refractivity contribution in [3.05, 3.63) is 83.6 Å². The number of nitrogens with zero attached hydrogens (tertiary/aromatic N) is 2. The average Bonchev–Trinajstić information content (AvgIpc) is 3.19. The molecule has 0 unspecified atom stereocenters. The monoisotopic (exact) mass is 432 g/mol. The third kappa shape index (κ3) is 2.32. The predicted molar refractivity (Wildman–Crippen MR) is 140 cm³/mol. The number of rotatable bonds is 1. The van der Waals surface area contributed by atoms with Gasteiger partial charge in [0.15, 0.2) is 0 Å². The van der Waals surface area contributed by atoms with E-state index >= 15 is 0 Å². The minimum atomic E-state index is -0.136. The SMILES string of the molecule is Cc1ccc2c3c1c1ccccc1c1nc(-c4ccccc4)c(n13)C(C)(C)C(C)(C)C2(C)C. The van der Waals surface area contributed by atoms with Crippen molar-refractivity contribution in [2.45, 2.75) is 59.3 Å². The Kier molecular flexibility index (Phi) is 3.88. The first-order valence-electron chi connectivity index (χ1n) is 12.0. The maximum Gasteiger partial charge on any atom is 0.146 e. The summed E-state index contributed by atoms with van der Waals surface area (Å²) >= 11 is 0. The van der Waals surface area contributed by atoms with Crippen LogP contribution in [0, 0.1) is 12.3 Å². The Morgan fingerprint density at radius 2 is 1.33 bits per heavy atom. The molecule has 33 heavy (non-hydrogen) atoms. The van der Waals surface area contributed by atoms with Gasteiger partial charge in [0.2, 0.25) is 0 Å². The molecule has 3 aromatic carbocycles. The molecule has 0 N–H and O–H groups in total. The highest BCUT2D eigenvalue weighted by atomic mass is 15.1. The number of benzene rings is 3. The van der Waals surface area contributed by atoms with E-state index in [1.54, 1.807) is 0 Å². The number of hydrogen-bond donors (Lipinski definition) is 0. The van der Waals surface area contributed by atoms with E-state index in [1.165, 1.54) is 44.1 Å². The van der Waals surface area contributed by atoms with Gasteiger partial charge in [-0.05, 0) is 34.3 Å². The fourth-order valence-electron chi connectivity index (χ4n) is 6.27. The molecule has 0 radical (unpaired) electrons. The molecule has 1 aliphatic heterocycles. The number of imidazole rings is 1. The van der Waals surface area contributed by atoms with Gasteiger partial charge in [0.05, 0.1) is 16.9 Å². The third-order valence-electron chi connectivity index (χ3n) is 9.36. The first-order chi connectivity index (χ1) is 15.6. The van der Waals surface area contributed by atoms with Crippen LogP contribution in [-0.4, -0.2) is 9.38 Å². The number of pyridine rings is 1. The summed E-state index contributed by atoms with van der Waals surface area (Å²) in [7, 11) is 0. The Balaban J connectivity index is 2.01. The summed E-state index contributed by atoms with van der Waals surface area (Å²) in [4.78, 5) is 5.41. The molecule has 3 heterocycles. The van der Waals surface area contributed by atoms with Gasteiger partial charge in [-0.25, -0.2) is 4.98 Å². The van der Waals surface area contributed by atoms with Gasteiger partial charge in [-0.3, -0.25) is 4.40 Å². The summed E-state index contributed by atoms with van der Waals surface area (Å²) in [5.41, 5.74) is 8.52. The molecule has 0 saturated carbocycles. The average molecular weight is 433 g/mol. The lowest BCUT2D eigenvalue weighted by atomic mass is 9.52. The summed E-state index contributed by atoms with van der Waals surface area (Å²) in [6.45, 7) is 16.8. The smallest absolute Gasteiger partial charge is 0.146 e. The molecule has 5 aromatic rings. The Bertz CT molecular complexity index is 1580. The molecular weight excluding hydrogens is 400 g/mol. The lowest BCUT2D eigenvalue weighted by Crippen LogP contribution is -2.49. The Morgan fingerprint density at radius 3 is 2.03 bits per heavy atom. The van der Waals surface area contributed by atoms with Crippen molar-refractivity contribution >= 4 is 27.3 Å². The molecule has 0 atom stereocenters. The molecule has 0 fully saturated rings. The highest BCUT2D eigenvalue weighted by Gasteiger charge is 2.54. The molecule has 0 aliphatic carbocycles. The van der Waals surface area contributed by atoms with Gasteiger partial charge in [0, 0.05) is 21.8 Å². The van der Waals surface area contributed by atoms with E-state index < -0.39 is 0 Å². The predicted octanol–water partition coefficient (Wildman–Crippen LogP) is 8.21. The molecular formula is C31H32N2. The zero-order chi connectivity index (χ0) is 23.3. The van der Waals surface area contributed by atoms with E-state index in [0.717, 1.165) is 11.3 Å². The zero-order valence-corrected chi connectivity index (χ0v) is 20.7. The first kappa shape index (κ1) is 20.5. The molecule has 0 amide bonds. The number of fused-ring (bicyclic) bond motifs is 3. The van der Waals surface area contributed by atoms with Crippen LogP contribution < -0.4 is 0 Å². The molecule has 6 rings (SSSR count). The van der Waals surface area contributed by atoms with E-state index in [9.17, 15) is 0 Å². The highest BCUT2D eigenvalue weighted by Crippen LogP contribution is 2.59. The second kappa shape index (κ2) is 6.26. The van der Waals surface area contributed by atoms with Crippen LogP contribution in [0.1, 0.15) is 58.4 Å². The van der Waals surface area contributed by atoms with Gasteiger partial charge in [-0.1, -0.05) is 108 Å². The van der Waals surface area contributed by atoms with Crippen molar-refractivity contribution in [3.63, 3.8) is 0 Å². The molecule has 0 spiro atoms. The molecule has 0 saturated heterocycles. The van der Waals surface area contributed by atoms with Gasteiger partial charge in [-0.15, -0.1) is 0 Å². The Morgan fingerprint density at radius 1 is 0.697 bits per heavy atom. The van der Waals surface area contributed by atoms with E-state index in [2.05, 4.69) is 120 Å². The van der Waals surface area contributed by atoms with Crippen LogP contribution in [0.2, 0.25) is 0 Å². The van der Waals surface area contributed by atoms with E-state index in [-0.39, 0.29) is 16.2 Å². The molecule has 2 aromatic heterocycles. The van der Waals surface area contributed by atoms with E-state index in [4.69, 9.17) is 4.98 Å². The maximum atomic E-state index is 5.41. The van der Waals surface area contributed by atoms with Crippen molar-refractivity contribution < 1.29 is 0 Å². The van der Waals surface area contributed by atoms with E-state index in [0.29, 0.717) is 0 Å². The summed E-state index contributed by atoms with van der Waals surface area (Å²) in [6.07, 6.45) is 0. The molecule has 1 aliphatic rings. The maximum absolute atomic E-state index is 5.41. The van der Waals surface area contributed by atoms with Crippen molar-refractivity contribution in [3.8, 4) is 11.3 Å². The van der Waals surface area contributed by atoms with Gasteiger partial charge in [0.1, 0.15) is 5.65 Å². The highest BCUT2D eigenvalue weighted by molar-refractivity contribution is 6.14. The standard InChI is InChI=1S/C31H32N2/c1-19-17-18-23-26-24(19)21-15-11-12-16-22(21)28-32-25(20-13-9-8-10-14-20)27(33(26)28)30(4,5)31(6,7)29(23,2)3/h8-18H,1-7H3.